The zero-order valence-corrected chi connectivity index (χ0v) is 27.7. The number of anilines is 1. The van der Waals surface area contributed by atoms with E-state index in [-0.39, 0.29) is 29.8 Å². The van der Waals surface area contributed by atoms with Crippen LogP contribution in [0.5, 0.6) is 0 Å². The molecule has 1 N–H and O–H groups in total. The Bertz CT molecular complexity index is 1700. The molecular weight excluding hydrogens is 606 g/mol. The quantitative estimate of drug-likeness (QED) is 0.175. The van der Waals surface area contributed by atoms with Crippen molar-refractivity contribution in [3.63, 3.8) is 0 Å². The Morgan fingerprint density at radius 3 is 2.04 bits per heavy atom. The van der Waals surface area contributed by atoms with Gasteiger partial charge in [0.15, 0.2) is 0 Å². The van der Waals surface area contributed by atoms with Crippen LogP contribution < -0.4 is 9.62 Å². The molecule has 0 radical (unpaired) electrons. The van der Waals surface area contributed by atoms with E-state index in [9.17, 15) is 18.0 Å². The zero-order chi connectivity index (χ0) is 32.6. The second-order valence-corrected chi connectivity index (χ2v) is 13.6. The first-order valence-corrected chi connectivity index (χ1v) is 16.8. The fourth-order valence-electron chi connectivity index (χ4n) is 4.91. The molecular formula is C36H40ClN3O4S. The van der Waals surface area contributed by atoms with Gasteiger partial charge in [-0.25, -0.2) is 8.42 Å². The first-order chi connectivity index (χ1) is 21.5. The van der Waals surface area contributed by atoms with Gasteiger partial charge >= 0.3 is 0 Å². The summed E-state index contributed by atoms with van der Waals surface area (Å²) in [4.78, 5) is 30.0. The highest BCUT2D eigenvalue weighted by atomic mass is 35.5. The third-order valence-electron chi connectivity index (χ3n) is 7.93. The fourth-order valence-corrected chi connectivity index (χ4v) is 6.46. The lowest BCUT2D eigenvalue weighted by molar-refractivity contribution is -0.140. The molecule has 9 heteroatoms. The van der Waals surface area contributed by atoms with Gasteiger partial charge in [0, 0.05) is 24.0 Å². The van der Waals surface area contributed by atoms with E-state index in [1.165, 1.54) is 17.0 Å². The molecule has 0 unspecified atom stereocenters. The predicted octanol–water partition coefficient (Wildman–Crippen LogP) is 6.71. The molecule has 0 fully saturated rings. The van der Waals surface area contributed by atoms with Crippen molar-refractivity contribution in [1.82, 2.24) is 10.2 Å². The molecule has 0 bridgehead atoms. The Balaban J connectivity index is 1.81. The Morgan fingerprint density at radius 2 is 1.44 bits per heavy atom. The lowest BCUT2D eigenvalue weighted by atomic mass is 10.0. The summed E-state index contributed by atoms with van der Waals surface area (Å²) in [6.45, 7) is 7.30. The summed E-state index contributed by atoms with van der Waals surface area (Å²) in [5.74, 6) is -0.818. The number of amides is 2. The standard InChI is InChI=1S/C36H40ClN3O4S/c1-5-28(4)38-36(42)34(23-29-12-8-6-9-13-29)39(24-30-17-19-31(37)20-18-30)35(41)25-40(32-21-16-26(2)27(3)22-32)45(43,44)33-14-10-7-11-15-33/h6-22,28,34H,5,23-25H2,1-4H3,(H,38,42)/t28-,34+/m1/s1. The van der Waals surface area contributed by atoms with Gasteiger partial charge in [0.25, 0.3) is 10.0 Å². The van der Waals surface area contributed by atoms with Crippen LogP contribution in [0.25, 0.3) is 0 Å². The molecule has 4 aromatic carbocycles. The number of benzene rings is 4. The highest BCUT2D eigenvalue weighted by Gasteiger charge is 2.35. The number of hydrogen-bond acceptors (Lipinski definition) is 4. The van der Waals surface area contributed by atoms with Gasteiger partial charge in [0.1, 0.15) is 12.6 Å². The molecule has 0 aliphatic carbocycles. The number of hydrogen-bond donors (Lipinski definition) is 1. The lowest BCUT2D eigenvalue weighted by Crippen LogP contribution is -2.54. The van der Waals surface area contributed by atoms with Gasteiger partial charge in [-0.15, -0.1) is 0 Å². The molecule has 4 rings (SSSR count). The molecule has 0 saturated heterocycles. The van der Waals surface area contributed by atoms with Crippen molar-refractivity contribution in [2.45, 2.75) is 64.1 Å². The Hall–Kier alpha value is -4.14. The Morgan fingerprint density at radius 1 is 0.822 bits per heavy atom. The van der Waals surface area contributed by atoms with Crippen LogP contribution in [0, 0.1) is 13.8 Å². The molecule has 0 heterocycles. The van der Waals surface area contributed by atoms with Crippen molar-refractivity contribution in [2.24, 2.45) is 0 Å². The highest BCUT2D eigenvalue weighted by Crippen LogP contribution is 2.27. The number of nitrogens with one attached hydrogen (secondary N) is 1. The minimum absolute atomic E-state index is 0.0654. The Labute approximate surface area is 271 Å². The van der Waals surface area contributed by atoms with Gasteiger partial charge in [0.05, 0.1) is 10.6 Å². The largest absolute Gasteiger partial charge is 0.352 e. The number of aryl methyl sites for hydroxylation is 2. The monoisotopic (exact) mass is 645 g/mol. The van der Waals surface area contributed by atoms with Crippen molar-refractivity contribution >= 4 is 39.1 Å². The molecule has 45 heavy (non-hydrogen) atoms. The highest BCUT2D eigenvalue weighted by molar-refractivity contribution is 7.92. The predicted molar refractivity (Wildman–Crippen MR) is 181 cm³/mol. The first kappa shape index (κ1) is 33.7. The molecule has 0 spiro atoms. The summed E-state index contributed by atoms with van der Waals surface area (Å²) in [7, 11) is -4.15. The summed E-state index contributed by atoms with van der Waals surface area (Å²) in [5, 5.41) is 3.59. The number of sulfonamides is 1. The third kappa shape index (κ3) is 8.74. The summed E-state index contributed by atoms with van der Waals surface area (Å²) in [6, 6.07) is 28.9. The molecule has 4 aromatic rings. The van der Waals surface area contributed by atoms with E-state index >= 15 is 0 Å². The van der Waals surface area contributed by atoms with E-state index < -0.39 is 28.5 Å². The topological polar surface area (TPSA) is 86.8 Å². The van der Waals surface area contributed by atoms with Crippen LogP contribution in [-0.4, -0.2) is 43.8 Å². The second-order valence-electron chi connectivity index (χ2n) is 11.3. The summed E-state index contributed by atoms with van der Waals surface area (Å²) in [5.41, 5.74) is 3.88. The normalized spacial score (nSPS) is 12.6. The smallest absolute Gasteiger partial charge is 0.264 e. The summed E-state index contributed by atoms with van der Waals surface area (Å²) in [6.07, 6.45) is 0.961. The maximum absolute atomic E-state index is 14.5. The maximum Gasteiger partial charge on any atom is 0.264 e. The van der Waals surface area contributed by atoms with Crippen molar-refractivity contribution in [3.05, 3.63) is 130 Å². The number of rotatable bonds is 13. The number of carbonyl (C=O) groups is 2. The SMILES string of the molecule is CC[C@@H](C)NC(=O)[C@H](Cc1ccccc1)N(Cc1ccc(Cl)cc1)C(=O)CN(c1ccc(C)c(C)c1)S(=O)(=O)c1ccccc1. The van der Waals surface area contributed by atoms with Crippen LogP contribution in [-0.2, 0) is 32.6 Å². The van der Waals surface area contributed by atoms with E-state index in [1.807, 2.05) is 64.1 Å². The van der Waals surface area contributed by atoms with Crippen LogP contribution in [0.2, 0.25) is 5.02 Å². The van der Waals surface area contributed by atoms with E-state index in [4.69, 9.17) is 11.6 Å². The third-order valence-corrected chi connectivity index (χ3v) is 9.97. The zero-order valence-electron chi connectivity index (χ0n) is 26.1. The van der Waals surface area contributed by atoms with Crippen molar-refractivity contribution in [3.8, 4) is 0 Å². The van der Waals surface area contributed by atoms with Crippen molar-refractivity contribution < 1.29 is 18.0 Å². The van der Waals surface area contributed by atoms with Gasteiger partial charge in [-0.1, -0.05) is 85.3 Å². The average molecular weight is 646 g/mol. The molecule has 236 valence electrons. The number of carbonyl (C=O) groups excluding carboxylic acids is 2. The minimum Gasteiger partial charge on any atom is -0.352 e. The van der Waals surface area contributed by atoms with E-state index in [2.05, 4.69) is 5.32 Å². The van der Waals surface area contributed by atoms with Gasteiger partial charge in [-0.05, 0) is 85.8 Å². The Kier molecular flexibility index (Phi) is 11.4. The van der Waals surface area contributed by atoms with Crippen LogP contribution in [0.15, 0.2) is 108 Å². The first-order valence-electron chi connectivity index (χ1n) is 15.0. The van der Waals surface area contributed by atoms with Crippen LogP contribution >= 0.6 is 11.6 Å². The molecule has 0 aliphatic heterocycles. The summed E-state index contributed by atoms with van der Waals surface area (Å²) < 4.78 is 29.4. The fraction of sp³-hybridized carbons (Fsp3) is 0.278. The molecule has 7 nitrogen and oxygen atoms in total. The second kappa shape index (κ2) is 15.2. The number of nitrogens with zero attached hydrogens (tertiary/aromatic N) is 2. The lowest BCUT2D eigenvalue weighted by Gasteiger charge is -2.34. The van der Waals surface area contributed by atoms with Gasteiger partial charge < -0.3 is 10.2 Å². The molecule has 0 saturated carbocycles. The van der Waals surface area contributed by atoms with Crippen LogP contribution in [0.4, 0.5) is 5.69 Å². The van der Waals surface area contributed by atoms with Crippen LogP contribution in [0.1, 0.15) is 42.5 Å². The van der Waals surface area contributed by atoms with Gasteiger partial charge in [0.2, 0.25) is 11.8 Å². The molecule has 0 aliphatic rings. The van der Waals surface area contributed by atoms with Crippen LogP contribution in [0.3, 0.4) is 0 Å². The van der Waals surface area contributed by atoms with Gasteiger partial charge in [-0.3, -0.25) is 13.9 Å². The average Bonchev–Trinajstić information content (AvgIpc) is 3.04. The van der Waals surface area contributed by atoms with E-state index in [0.717, 1.165) is 26.6 Å². The maximum atomic E-state index is 14.5. The van der Waals surface area contributed by atoms with Crippen molar-refractivity contribution in [1.29, 1.82) is 0 Å². The molecule has 2 amide bonds. The van der Waals surface area contributed by atoms with Gasteiger partial charge in [-0.2, -0.15) is 0 Å². The van der Waals surface area contributed by atoms with E-state index in [1.54, 1.807) is 54.6 Å². The number of halogens is 1. The molecule has 0 aromatic heterocycles. The minimum atomic E-state index is -4.15. The van der Waals surface area contributed by atoms with Crippen molar-refractivity contribution in [2.75, 3.05) is 10.8 Å². The molecule has 2 atom stereocenters. The summed E-state index contributed by atoms with van der Waals surface area (Å²) >= 11 is 6.16. The van der Waals surface area contributed by atoms with E-state index in [0.29, 0.717) is 17.1 Å².